The molecule has 0 aromatic heterocycles. The normalized spacial score (nSPS) is 31.6. The predicted octanol–water partition coefficient (Wildman–Crippen LogP) is 0.632. The summed E-state index contributed by atoms with van der Waals surface area (Å²) in [5.41, 5.74) is 3.23. The fraction of sp³-hybridized carbons (Fsp3) is 0.857. The third-order valence-electron chi connectivity index (χ3n) is 2.13. The van der Waals surface area contributed by atoms with E-state index in [9.17, 15) is 13.6 Å². The molecule has 1 aliphatic carbocycles. The molecule has 1 amide bonds. The molecule has 0 bridgehead atoms. The van der Waals surface area contributed by atoms with Crippen LogP contribution in [0, 0.1) is 0 Å². The van der Waals surface area contributed by atoms with Crippen molar-refractivity contribution in [1.82, 2.24) is 0 Å². The number of carbonyl (C=O) groups excluding carboxylic acids is 1. The molecule has 1 saturated carbocycles. The summed E-state index contributed by atoms with van der Waals surface area (Å²) in [6.45, 7) is -0.620. The molecule has 0 saturated heterocycles. The Labute approximate surface area is 73.7 Å². The molecule has 0 unspecified atom stereocenters. The van der Waals surface area contributed by atoms with Gasteiger partial charge in [0.05, 0.1) is 13.0 Å². The number of aliphatic hydroxyl groups is 1. The van der Waals surface area contributed by atoms with Crippen LogP contribution in [0.2, 0.25) is 0 Å². The number of nitrogens with two attached hydrogens (primary N) is 1. The molecule has 13 heavy (non-hydrogen) atoms. The van der Waals surface area contributed by atoms with Gasteiger partial charge < -0.3 is 15.6 Å². The third-order valence-corrected chi connectivity index (χ3v) is 2.13. The maximum Gasteiger partial charge on any atom is 0.405 e. The Bertz CT molecular complexity index is 222. The summed E-state index contributed by atoms with van der Waals surface area (Å²) < 4.78 is 30.0. The lowest BCUT2D eigenvalue weighted by molar-refractivity contribution is -0.0597. The molecule has 1 rings (SSSR count). The van der Waals surface area contributed by atoms with Gasteiger partial charge in [0, 0.05) is 6.42 Å². The Kier molecular flexibility index (Phi) is 2.42. The predicted molar refractivity (Wildman–Crippen MR) is 39.3 cm³/mol. The van der Waals surface area contributed by atoms with Gasteiger partial charge in [-0.1, -0.05) is 0 Å². The topological polar surface area (TPSA) is 72.6 Å². The summed E-state index contributed by atoms with van der Waals surface area (Å²) in [6.07, 6.45) is -2.23. The van der Waals surface area contributed by atoms with E-state index >= 15 is 0 Å². The van der Waals surface area contributed by atoms with Gasteiger partial charge in [-0.15, -0.1) is 0 Å². The maximum absolute atomic E-state index is 12.7. The molecule has 0 radical (unpaired) electrons. The van der Waals surface area contributed by atoms with E-state index in [1.807, 2.05) is 0 Å². The Hall–Kier alpha value is -0.910. The molecule has 3 N–H and O–H groups in total. The van der Waals surface area contributed by atoms with Gasteiger partial charge in [-0.2, -0.15) is 0 Å². The number of hydrogen-bond donors (Lipinski definition) is 2. The molecule has 0 aliphatic heterocycles. The average Bonchev–Trinajstić information content (AvgIpc) is 2.26. The number of aliphatic hydroxyl groups excluding tert-OH is 1. The van der Waals surface area contributed by atoms with Crippen LogP contribution in [0.3, 0.4) is 0 Å². The molecule has 1 aliphatic rings. The molecule has 0 aromatic carbocycles. The lowest BCUT2D eigenvalue weighted by Crippen LogP contribution is -2.39. The molecular formula is C7H11F2NO3. The van der Waals surface area contributed by atoms with Crippen LogP contribution < -0.4 is 5.73 Å². The number of rotatable bonds is 2. The van der Waals surface area contributed by atoms with E-state index in [1.165, 1.54) is 0 Å². The van der Waals surface area contributed by atoms with Crippen molar-refractivity contribution in [2.45, 2.75) is 30.8 Å². The Morgan fingerprint density at radius 1 is 1.54 bits per heavy atom. The smallest absolute Gasteiger partial charge is 0.405 e. The van der Waals surface area contributed by atoms with Gasteiger partial charge in [-0.25, -0.2) is 13.6 Å². The zero-order chi connectivity index (χ0) is 10.1. The van der Waals surface area contributed by atoms with Gasteiger partial charge in [0.1, 0.15) is 5.60 Å². The Balaban J connectivity index is 2.68. The lowest BCUT2D eigenvalue weighted by Gasteiger charge is -2.25. The van der Waals surface area contributed by atoms with Gasteiger partial charge >= 0.3 is 6.09 Å². The van der Waals surface area contributed by atoms with Crippen LogP contribution in [0.5, 0.6) is 0 Å². The van der Waals surface area contributed by atoms with E-state index in [1.54, 1.807) is 0 Å². The monoisotopic (exact) mass is 195 g/mol. The number of ether oxygens (including phenoxy) is 1. The third kappa shape index (κ3) is 2.27. The largest absolute Gasteiger partial charge is 0.440 e. The van der Waals surface area contributed by atoms with Crippen molar-refractivity contribution in [2.24, 2.45) is 5.73 Å². The number of amides is 1. The summed E-state index contributed by atoms with van der Waals surface area (Å²) in [5, 5.41) is 8.83. The van der Waals surface area contributed by atoms with Crippen molar-refractivity contribution in [3.63, 3.8) is 0 Å². The first-order valence-electron chi connectivity index (χ1n) is 3.86. The Morgan fingerprint density at radius 3 is 2.46 bits per heavy atom. The van der Waals surface area contributed by atoms with Gasteiger partial charge in [0.15, 0.2) is 0 Å². The van der Waals surface area contributed by atoms with E-state index in [4.69, 9.17) is 10.8 Å². The summed E-state index contributed by atoms with van der Waals surface area (Å²) in [5.74, 6) is -2.88. The van der Waals surface area contributed by atoms with Crippen molar-refractivity contribution in [3.05, 3.63) is 0 Å². The quantitative estimate of drug-likeness (QED) is 0.678. The minimum atomic E-state index is -2.88. The maximum atomic E-state index is 12.7. The van der Waals surface area contributed by atoms with Gasteiger partial charge in [-0.05, 0) is 6.42 Å². The first-order valence-corrected chi connectivity index (χ1v) is 3.86. The molecule has 0 aromatic rings. The van der Waals surface area contributed by atoms with Gasteiger partial charge in [0.25, 0.3) is 5.92 Å². The summed E-state index contributed by atoms with van der Waals surface area (Å²) in [7, 11) is 0. The first kappa shape index (κ1) is 10.2. The second kappa shape index (κ2) is 3.10. The first-order chi connectivity index (χ1) is 5.89. The Morgan fingerprint density at radius 2 is 2.15 bits per heavy atom. The number of alkyl halides is 2. The molecular weight excluding hydrogens is 184 g/mol. The molecule has 1 atom stereocenters. The van der Waals surface area contributed by atoms with Crippen LogP contribution in [0.4, 0.5) is 13.6 Å². The zero-order valence-corrected chi connectivity index (χ0v) is 6.93. The summed E-state index contributed by atoms with van der Waals surface area (Å²) in [6, 6.07) is 0. The number of halogens is 2. The standard InChI is InChI=1S/C7H11F2NO3/c8-7(9)2-1-6(3-7,4-11)13-5(10)12/h11H,1-4H2,(H2,10,12)/t6-/m0/s1. The van der Waals surface area contributed by atoms with Crippen LogP contribution in [0.25, 0.3) is 0 Å². The highest BCUT2D eigenvalue weighted by molar-refractivity contribution is 5.65. The van der Waals surface area contributed by atoms with Crippen LogP contribution in [-0.4, -0.2) is 29.3 Å². The van der Waals surface area contributed by atoms with E-state index in [2.05, 4.69) is 4.74 Å². The minimum Gasteiger partial charge on any atom is -0.440 e. The molecule has 6 heteroatoms. The molecule has 76 valence electrons. The van der Waals surface area contributed by atoms with Crippen LogP contribution >= 0.6 is 0 Å². The van der Waals surface area contributed by atoms with E-state index < -0.39 is 30.6 Å². The highest BCUT2D eigenvalue weighted by Crippen LogP contribution is 2.43. The van der Waals surface area contributed by atoms with Crippen LogP contribution in [0.15, 0.2) is 0 Å². The highest BCUT2D eigenvalue weighted by atomic mass is 19.3. The molecule has 1 fully saturated rings. The van der Waals surface area contributed by atoms with Crippen LogP contribution in [0.1, 0.15) is 19.3 Å². The second-order valence-electron chi connectivity index (χ2n) is 3.29. The number of carbonyl (C=O) groups is 1. The second-order valence-corrected chi connectivity index (χ2v) is 3.29. The van der Waals surface area contributed by atoms with Crippen molar-refractivity contribution in [1.29, 1.82) is 0 Å². The highest BCUT2D eigenvalue weighted by Gasteiger charge is 2.51. The van der Waals surface area contributed by atoms with Gasteiger partial charge in [0.2, 0.25) is 0 Å². The zero-order valence-electron chi connectivity index (χ0n) is 6.93. The summed E-state index contributed by atoms with van der Waals surface area (Å²) >= 11 is 0. The molecule has 0 heterocycles. The van der Waals surface area contributed by atoms with Crippen molar-refractivity contribution in [3.8, 4) is 0 Å². The van der Waals surface area contributed by atoms with Gasteiger partial charge in [-0.3, -0.25) is 0 Å². The van der Waals surface area contributed by atoms with E-state index in [0.717, 1.165) is 0 Å². The lowest BCUT2D eigenvalue weighted by atomic mass is 10.0. The fourth-order valence-electron chi connectivity index (χ4n) is 1.53. The minimum absolute atomic E-state index is 0.0561. The van der Waals surface area contributed by atoms with Crippen molar-refractivity contribution < 1.29 is 23.4 Å². The van der Waals surface area contributed by atoms with Crippen molar-refractivity contribution >= 4 is 6.09 Å². The average molecular weight is 195 g/mol. The SMILES string of the molecule is NC(=O)O[C@@]1(CO)CCC(F)(F)C1. The summed E-state index contributed by atoms with van der Waals surface area (Å²) in [4.78, 5) is 10.4. The van der Waals surface area contributed by atoms with Crippen molar-refractivity contribution in [2.75, 3.05) is 6.61 Å². The fourth-order valence-corrected chi connectivity index (χ4v) is 1.53. The molecule has 0 spiro atoms. The van der Waals surface area contributed by atoms with Crippen LogP contribution in [-0.2, 0) is 4.74 Å². The molecule has 4 nitrogen and oxygen atoms in total. The van der Waals surface area contributed by atoms with E-state index in [0.29, 0.717) is 0 Å². The number of primary amides is 1. The van der Waals surface area contributed by atoms with E-state index in [-0.39, 0.29) is 12.8 Å². The number of hydrogen-bond acceptors (Lipinski definition) is 3.